The number of aromatic hydroxyl groups is 1. The largest absolute Gasteiger partial charge is 0.508 e. The number of phenols is 1. The molecule has 1 aromatic heterocycles. The van der Waals surface area contributed by atoms with Gasteiger partial charge in [-0.2, -0.15) is 0 Å². The molecule has 0 bridgehead atoms. The van der Waals surface area contributed by atoms with Crippen molar-refractivity contribution in [2.75, 3.05) is 7.11 Å². The van der Waals surface area contributed by atoms with E-state index in [2.05, 4.69) is 16.8 Å². The van der Waals surface area contributed by atoms with Crippen molar-refractivity contribution in [1.82, 2.24) is 5.32 Å². The maximum Gasteiger partial charge on any atom is 0.135 e. The Balaban J connectivity index is 1.72. The average molecular weight is 364 g/mol. The minimum atomic E-state index is -0.120. The van der Waals surface area contributed by atoms with Crippen LogP contribution in [0.15, 0.2) is 71.0 Å². The van der Waals surface area contributed by atoms with E-state index in [-0.39, 0.29) is 12.2 Å². The van der Waals surface area contributed by atoms with Crippen molar-refractivity contribution in [1.29, 1.82) is 0 Å². The number of nitrogens with zero attached hydrogens (tertiary/aromatic N) is 1. The number of thiophene rings is 1. The summed E-state index contributed by atoms with van der Waals surface area (Å²) in [5.74, 6) is 1.14. The van der Waals surface area contributed by atoms with Gasteiger partial charge in [0.25, 0.3) is 0 Å². The van der Waals surface area contributed by atoms with Gasteiger partial charge in [-0.15, -0.1) is 11.3 Å². The lowest BCUT2D eigenvalue weighted by Gasteiger charge is -2.30. The Kier molecular flexibility index (Phi) is 4.73. The van der Waals surface area contributed by atoms with Crippen LogP contribution in [0.25, 0.3) is 0 Å². The van der Waals surface area contributed by atoms with Crippen LogP contribution in [0, 0.1) is 0 Å². The first-order valence-electron chi connectivity index (χ1n) is 8.53. The fourth-order valence-electron chi connectivity index (χ4n) is 3.24. The van der Waals surface area contributed by atoms with Crippen LogP contribution in [0.3, 0.4) is 0 Å². The molecule has 2 aromatic carbocycles. The topological polar surface area (TPSA) is 53.8 Å². The van der Waals surface area contributed by atoms with Gasteiger partial charge >= 0.3 is 0 Å². The van der Waals surface area contributed by atoms with Crippen LogP contribution < -0.4 is 10.1 Å². The van der Waals surface area contributed by atoms with Gasteiger partial charge in [0.15, 0.2) is 0 Å². The number of methoxy groups -OCH3 is 1. The normalized spacial score (nSPS) is 19.8. The van der Waals surface area contributed by atoms with E-state index in [9.17, 15) is 5.11 Å². The molecule has 2 heterocycles. The number of hydrogen-bond donors (Lipinski definition) is 2. The molecule has 1 aliphatic heterocycles. The van der Waals surface area contributed by atoms with E-state index in [1.165, 1.54) is 0 Å². The third-order valence-electron chi connectivity index (χ3n) is 4.59. The fraction of sp³-hybridized carbons (Fsp3) is 0.190. The van der Waals surface area contributed by atoms with Crippen molar-refractivity contribution in [2.45, 2.75) is 18.6 Å². The molecular weight excluding hydrogens is 344 g/mol. The SMILES string of the molecule is COc1ccc(C2=N[C@H](c3cccs3)N[C@@H](c3ccccc3O)C2)cc1. The molecule has 2 atom stereocenters. The molecule has 132 valence electrons. The Morgan fingerprint density at radius 2 is 1.88 bits per heavy atom. The first-order chi connectivity index (χ1) is 12.7. The van der Waals surface area contributed by atoms with Crippen LogP contribution in [0.2, 0.25) is 0 Å². The highest BCUT2D eigenvalue weighted by Crippen LogP contribution is 2.35. The predicted molar refractivity (Wildman–Crippen MR) is 105 cm³/mol. The Morgan fingerprint density at radius 3 is 2.58 bits per heavy atom. The van der Waals surface area contributed by atoms with E-state index in [1.54, 1.807) is 24.5 Å². The Labute approximate surface area is 156 Å². The zero-order chi connectivity index (χ0) is 17.9. The predicted octanol–water partition coefficient (Wildman–Crippen LogP) is 4.68. The summed E-state index contributed by atoms with van der Waals surface area (Å²) in [6.07, 6.45) is 0.594. The van der Waals surface area contributed by atoms with Crippen molar-refractivity contribution in [3.8, 4) is 11.5 Å². The van der Waals surface area contributed by atoms with E-state index in [0.717, 1.165) is 27.5 Å². The van der Waals surface area contributed by atoms with Gasteiger partial charge < -0.3 is 9.84 Å². The van der Waals surface area contributed by atoms with Gasteiger partial charge in [0.1, 0.15) is 17.7 Å². The molecule has 26 heavy (non-hydrogen) atoms. The summed E-state index contributed by atoms with van der Waals surface area (Å²) in [6.45, 7) is 0. The van der Waals surface area contributed by atoms with Gasteiger partial charge in [0.2, 0.25) is 0 Å². The summed E-state index contributed by atoms with van der Waals surface area (Å²) in [4.78, 5) is 6.11. The third-order valence-corrected chi connectivity index (χ3v) is 5.51. The first-order valence-corrected chi connectivity index (χ1v) is 9.41. The van der Waals surface area contributed by atoms with Gasteiger partial charge in [-0.25, -0.2) is 0 Å². The Morgan fingerprint density at radius 1 is 1.08 bits per heavy atom. The smallest absolute Gasteiger partial charge is 0.135 e. The second-order valence-corrected chi connectivity index (χ2v) is 7.18. The van der Waals surface area contributed by atoms with Gasteiger partial charge in [-0.3, -0.25) is 10.3 Å². The summed E-state index contributed by atoms with van der Waals surface area (Å²) in [6, 6.07) is 19.6. The number of nitrogens with one attached hydrogen (secondary N) is 1. The van der Waals surface area contributed by atoms with Crippen molar-refractivity contribution < 1.29 is 9.84 Å². The van der Waals surface area contributed by atoms with Crippen molar-refractivity contribution in [3.63, 3.8) is 0 Å². The fourth-order valence-corrected chi connectivity index (χ4v) is 3.96. The van der Waals surface area contributed by atoms with Crippen molar-refractivity contribution in [3.05, 3.63) is 82.0 Å². The molecule has 0 saturated carbocycles. The molecule has 3 aromatic rings. The van der Waals surface area contributed by atoms with Gasteiger partial charge in [-0.1, -0.05) is 24.3 Å². The highest BCUT2D eigenvalue weighted by molar-refractivity contribution is 7.10. The van der Waals surface area contributed by atoms with Crippen molar-refractivity contribution >= 4 is 17.0 Å². The molecule has 0 aliphatic carbocycles. The van der Waals surface area contributed by atoms with E-state index in [0.29, 0.717) is 12.2 Å². The Hall–Kier alpha value is -2.63. The minimum absolute atomic E-state index is 0.00194. The summed E-state index contributed by atoms with van der Waals surface area (Å²) in [7, 11) is 1.66. The standard InChI is InChI=1S/C21H20N2O2S/c1-25-15-10-8-14(9-11-15)17-13-18(16-5-2-3-6-19(16)24)23-21(22-17)20-7-4-12-26-20/h2-12,18,21,23-24H,13H2,1H3/t18-,21+/m1/s1. The molecule has 0 amide bonds. The Bertz CT molecular complexity index is 904. The number of aliphatic imine (C=N–C) groups is 1. The van der Waals surface area contributed by atoms with E-state index >= 15 is 0 Å². The highest BCUT2D eigenvalue weighted by atomic mass is 32.1. The van der Waals surface area contributed by atoms with Gasteiger partial charge in [0, 0.05) is 28.6 Å². The molecule has 0 radical (unpaired) electrons. The molecule has 0 fully saturated rings. The summed E-state index contributed by atoms with van der Waals surface area (Å²) >= 11 is 1.68. The third kappa shape index (κ3) is 3.36. The number of benzene rings is 2. The number of para-hydroxylation sites is 1. The molecule has 0 saturated heterocycles. The summed E-state index contributed by atoms with van der Waals surface area (Å²) < 4.78 is 5.26. The molecule has 2 N–H and O–H groups in total. The quantitative estimate of drug-likeness (QED) is 0.706. The lowest BCUT2D eigenvalue weighted by atomic mass is 9.94. The number of ether oxygens (including phenoxy) is 1. The van der Waals surface area contributed by atoms with E-state index < -0.39 is 0 Å². The maximum atomic E-state index is 10.3. The average Bonchev–Trinajstić information content (AvgIpc) is 3.23. The number of rotatable bonds is 4. The highest BCUT2D eigenvalue weighted by Gasteiger charge is 2.27. The van der Waals surface area contributed by atoms with Gasteiger partial charge in [-0.05, 0) is 47.3 Å². The lowest BCUT2D eigenvalue weighted by molar-refractivity contribution is 0.414. The molecule has 5 heteroatoms. The minimum Gasteiger partial charge on any atom is -0.508 e. The molecular formula is C21H20N2O2S. The summed E-state index contributed by atoms with van der Waals surface area (Å²) in [5.41, 5.74) is 3.00. The van der Waals surface area contributed by atoms with Crippen molar-refractivity contribution in [2.24, 2.45) is 4.99 Å². The maximum absolute atomic E-state index is 10.3. The molecule has 0 unspecified atom stereocenters. The number of hydrogen-bond acceptors (Lipinski definition) is 5. The second-order valence-electron chi connectivity index (χ2n) is 6.20. The molecule has 1 aliphatic rings. The van der Waals surface area contributed by atoms with Crippen LogP contribution in [0.1, 0.15) is 34.6 Å². The van der Waals surface area contributed by atoms with Crippen LogP contribution in [0.5, 0.6) is 11.5 Å². The lowest BCUT2D eigenvalue weighted by Crippen LogP contribution is -2.32. The zero-order valence-corrected chi connectivity index (χ0v) is 15.2. The van der Waals surface area contributed by atoms with Crippen LogP contribution in [-0.4, -0.2) is 17.9 Å². The van der Waals surface area contributed by atoms with Crippen LogP contribution in [-0.2, 0) is 0 Å². The molecule has 4 rings (SSSR count). The molecule has 0 spiro atoms. The first kappa shape index (κ1) is 16.8. The second kappa shape index (κ2) is 7.32. The van der Waals surface area contributed by atoms with Crippen LogP contribution >= 0.6 is 11.3 Å². The summed E-state index contributed by atoms with van der Waals surface area (Å²) in [5, 5.41) is 15.9. The van der Waals surface area contributed by atoms with E-state index in [1.807, 2.05) is 48.5 Å². The molecule has 4 nitrogen and oxygen atoms in total. The monoisotopic (exact) mass is 364 g/mol. The zero-order valence-electron chi connectivity index (χ0n) is 14.4. The van der Waals surface area contributed by atoms with Gasteiger partial charge in [0.05, 0.1) is 7.11 Å². The number of phenolic OH excluding ortho intramolecular Hbond substituents is 1. The van der Waals surface area contributed by atoms with Crippen LogP contribution in [0.4, 0.5) is 0 Å². The van der Waals surface area contributed by atoms with E-state index in [4.69, 9.17) is 9.73 Å².